The van der Waals surface area contributed by atoms with Crippen molar-refractivity contribution in [2.24, 2.45) is 0 Å². The van der Waals surface area contributed by atoms with Crippen LogP contribution >= 0.6 is 23.4 Å². The van der Waals surface area contributed by atoms with Crippen LogP contribution in [0.25, 0.3) is 6.08 Å². The smallest absolute Gasteiger partial charge is 0.323 e. The van der Waals surface area contributed by atoms with E-state index in [1.165, 1.54) is 4.57 Å². The Morgan fingerprint density at radius 2 is 1.94 bits per heavy atom. The lowest BCUT2D eigenvalue weighted by Crippen LogP contribution is -2.36. The summed E-state index contributed by atoms with van der Waals surface area (Å²) in [7, 11) is 0. The van der Waals surface area contributed by atoms with Gasteiger partial charge in [0.25, 0.3) is 11.5 Å². The van der Waals surface area contributed by atoms with Crippen molar-refractivity contribution < 1.29 is 14.7 Å². The molecule has 0 spiro atoms. The van der Waals surface area contributed by atoms with E-state index in [0.29, 0.717) is 22.7 Å². The summed E-state index contributed by atoms with van der Waals surface area (Å²) in [6.07, 6.45) is 7.03. The van der Waals surface area contributed by atoms with Gasteiger partial charge >= 0.3 is 5.97 Å². The number of carbonyl (C=O) groups is 2. The van der Waals surface area contributed by atoms with Crippen molar-refractivity contribution in [2.45, 2.75) is 32.9 Å². The first-order chi connectivity index (χ1) is 14.8. The number of aromatic nitrogens is 1. The summed E-state index contributed by atoms with van der Waals surface area (Å²) in [5.74, 6) is -1.68. The van der Waals surface area contributed by atoms with E-state index in [9.17, 15) is 19.5 Å². The number of pyridine rings is 1. The van der Waals surface area contributed by atoms with Gasteiger partial charge in [-0.05, 0) is 48.1 Å². The molecule has 8 heteroatoms. The van der Waals surface area contributed by atoms with Crippen molar-refractivity contribution in [1.29, 1.82) is 0 Å². The molecule has 1 aliphatic carbocycles. The zero-order chi connectivity index (χ0) is 22.5. The van der Waals surface area contributed by atoms with Gasteiger partial charge in [-0.1, -0.05) is 42.3 Å². The topological polar surface area (TPSA) is 88.4 Å². The monoisotopic (exact) mass is 458 g/mol. The number of carbonyl (C=O) groups excluding carboxylic acids is 1. The number of hydrogen-bond donors (Lipinski definition) is 2. The second-order valence-electron chi connectivity index (χ2n) is 7.09. The van der Waals surface area contributed by atoms with Crippen LogP contribution in [0.4, 0.5) is 0 Å². The number of halogens is 1. The third-order valence-electron chi connectivity index (χ3n) is 5.13. The Bertz CT molecular complexity index is 1130. The number of aliphatic carboxylic acids is 1. The first-order valence-electron chi connectivity index (χ1n) is 9.79. The van der Waals surface area contributed by atoms with Gasteiger partial charge in [0.2, 0.25) is 0 Å². The van der Waals surface area contributed by atoms with Gasteiger partial charge in [-0.3, -0.25) is 19.0 Å². The molecule has 1 aromatic carbocycles. The Hall–Kier alpha value is -2.77. The maximum absolute atomic E-state index is 13.1. The van der Waals surface area contributed by atoms with Crippen molar-refractivity contribution in [3.63, 3.8) is 0 Å². The van der Waals surface area contributed by atoms with E-state index in [1.807, 2.05) is 25.3 Å². The minimum absolute atomic E-state index is 0.0794. The fraction of sp³-hybridized carbons (Fsp3) is 0.261. The highest BCUT2D eigenvalue weighted by molar-refractivity contribution is 8.02. The molecule has 0 saturated carbocycles. The minimum atomic E-state index is -1.14. The van der Waals surface area contributed by atoms with Crippen LogP contribution in [0, 0.1) is 0 Å². The summed E-state index contributed by atoms with van der Waals surface area (Å²) in [5.41, 5.74) is 2.56. The molecule has 1 aromatic heterocycles. The number of thioether (sulfide) groups is 1. The van der Waals surface area contributed by atoms with Crippen LogP contribution < -0.4 is 10.9 Å². The van der Waals surface area contributed by atoms with E-state index in [2.05, 4.69) is 5.32 Å². The molecule has 0 saturated heterocycles. The highest BCUT2D eigenvalue weighted by Crippen LogP contribution is 2.29. The molecule has 31 heavy (non-hydrogen) atoms. The van der Waals surface area contributed by atoms with E-state index in [4.69, 9.17) is 11.6 Å². The number of amides is 1. The number of nitrogens with zero attached hydrogens (tertiary/aromatic N) is 1. The Balaban J connectivity index is 2.00. The Kier molecular flexibility index (Phi) is 7.41. The second-order valence-corrected chi connectivity index (χ2v) is 8.37. The summed E-state index contributed by atoms with van der Waals surface area (Å²) >= 11 is 7.49. The molecule has 162 valence electrons. The lowest BCUT2D eigenvalue weighted by molar-refractivity contribution is -0.137. The molecule has 0 aliphatic heterocycles. The van der Waals surface area contributed by atoms with Gasteiger partial charge in [0.1, 0.15) is 12.1 Å². The highest BCUT2D eigenvalue weighted by Gasteiger charge is 2.22. The molecule has 1 amide bonds. The summed E-state index contributed by atoms with van der Waals surface area (Å²) < 4.78 is 1.21. The van der Waals surface area contributed by atoms with Crippen LogP contribution in [-0.2, 0) is 24.3 Å². The average Bonchev–Trinajstić information content (AvgIpc) is 2.93. The minimum Gasteiger partial charge on any atom is -0.480 e. The van der Waals surface area contributed by atoms with Gasteiger partial charge in [-0.2, -0.15) is 0 Å². The SMILES string of the molecule is CCC1=C(SC)C=Cc2cc(C(=O)NCc3ccc(Cl)cc3)c(=O)n(CC(=O)O)c2C1. The predicted octanol–water partition coefficient (Wildman–Crippen LogP) is 4.11. The van der Waals surface area contributed by atoms with E-state index >= 15 is 0 Å². The van der Waals surface area contributed by atoms with E-state index in [0.717, 1.165) is 22.5 Å². The number of carboxylic acid groups (broad SMARTS) is 1. The molecule has 0 fully saturated rings. The molecule has 2 N–H and O–H groups in total. The van der Waals surface area contributed by atoms with E-state index < -0.39 is 24.0 Å². The van der Waals surface area contributed by atoms with Crippen molar-refractivity contribution in [3.05, 3.63) is 84.6 Å². The second kappa shape index (κ2) is 10.0. The zero-order valence-corrected chi connectivity index (χ0v) is 18.8. The number of hydrogen-bond acceptors (Lipinski definition) is 4. The van der Waals surface area contributed by atoms with Crippen molar-refractivity contribution >= 4 is 41.3 Å². The average molecular weight is 459 g/mol. The lowest BCUT2D eigenvalue weighted by Gasteiger charge is -2.17. The van der Waals surface area contributed by atoms with Gasteiger partial charge in [-0.15, -0.1) is 11.8 Å². The van der Waals surface area contributed by atoms with Gasteiger partial charge in [0.05, 0.1) is 0 Å². The van der Waals surface area contributed by atoms with Crippen LogP contribution in [0.15, 0.2) is 51.7 Å². The molecule has 0 radical (unpaired) electrons. The summed E-state index contributed by atoms with van der Waals surface area (Å²) in [6.45, 7) is 1.75. The largest absolute Gasteiger partial charge is 0.480 e. The van der Waals surface area contributed by atoms with E-state index in [-0.39, 0.29) is 12.1 Å². The van der Waals surface area contributed by atoms with Crippen molar-refractivity contribution in [2.75, 3.05) is 6.26 Å². The molecule has 2 aromatic rings. The normalized spacial score (nSPS) is 13.0. The highest BCUT2D eigenvalue weighted by atomic mass is 35.5. The third kappa shape index (κ3) is 5.29. The Morgan fingerprint density at radius 1 is 1.23 bits per heavy atom. The fourth-order valence-corrected chi connectivity index (χ4v) is 4.33. The molecular weight excluding hydrogens is 436 g/mol. The van der Waals surface area contributed by atoms with Crippen LogP contribution in [0.5, 0.6) is 0 Å². The van der Waals surface area contributed by atoms with Crippen LogP contribution in [0.2, 0.25) is 5.02 Å². The van der Waals surface area contributed by atoms with Crippen LogP contribution in [-0.4, -0.2) is 27.8 Å². The number of carboxylic acids is 1. The molecule has 1 aliphatic rings. The standard InChI is InChI=1S/C23H23ClN2O4S/c1-3-15-11-19-16(6-9-20(15)31-2)10-18(23(30)26(19)13-21(27)28)22(29)25-12-14-4-7-17(24)8-5-14/h4-10H,3,11-13H2,1-2H3,(H,25,29)(H,27,28). The molecule has 3 rings (SSSR count). The van der Waals surface area contributed by atoms with Crippen molar-refractivity contribution in [1.82, 2.24) is 9.88 Å². The maximum Gasteiger partial charge on any atom is 0.323 e. The first kappa shape index (κ1) is 22.9. The summed E-state index contributed by atoms with van der Waals surface area (Å²) in [4.78, 5) is 38.5. The summed E-state index contributed by atoms with van der Waals surface area (Å²) in [6, 6.07) is 8.57. The van der Waals surface area contributed by atoms with Crippen LogP contribution in [0.1, 0.15) is 40.5 Å². The number of benzene rings is 1. The predicted molar refractivity (Wildman–Crippen MR) is 125 cm³/mol. The maximum atomic E-state index is 13.1. The summed E-state index contributed by atoms with van der Waals surface area (Å²) in [5, 5.41) is 12.7. The number of rotatable bonds is 7. The fourth-order valence-electron chi connectivity index (χ4n) is 3.50. The molecule has 6 nitrogen and oxygen atoms in total. The van der Waals surface area contributed by atoms with Gasteiger partial charge in [-0.25, -0.2) is 0 Å². The van der Waals surface area contributed by atoms with Gasteiger partial charge < -0.3 is 10.4 Å². The quantitative estimate of drug-likeness (QED) is 0.651. The third-order valence-corrected chi connectivity index (χ3v) is 6.25. The Labute approximate surface area is 189 Å². The molecule has 0 bridgehead atoms. The molecule has 0 unspecified atom stereocenters. The number of allylic oxidation sites excluding steroid dienone is 2. The lowest BCUT2D eigenvalue weighted by atomic mass is 10.0. The molecule has 1 heterocycles. The number of nitrogens with one attached hydrogen (secondary N) is 1. The zero-order valence-electron chi connectivity index (χ0n) is 17.3. The van der Waals surface area contributed by atoms with E-state index in [1.54, 1.807) is 42.1 Å². The molecular formula is C23H23ClN2O4S. The first-order valence-corrected chi connectivity index (χ1v) is 11.4. The van der Waals surface area contributed by atoms with Crippen molar-refractivity contribution in [3.8, 4) is 0 Å². The number of fused-ring (bicyclic) bond motifs is 1. The van der Waals surface area contributed by atoms with Gasteiger partial charge in [0, 0.05) is 28.6 Å². The van der Waals surface area contributed by atoms with Gasteiger partial charge in [0.15, 0.2) is 0 Å². The van der Waals surface area contributed by atoms with Crippen LogP contribution in [0.3, 0.4) is 0 Å². The molecule has 0 atom stereocenters. The Morgan fingerprint density at radius 3 is 2.55 bits per heavy atom.